The lowest BCUT2D eigenvalue weighted by Gasteiger charge is -2.18. The van der Waals surface area contributed by atoms with Crippen molar-refractivity contribution in [1.29, 1.82) is 0 Å². The van der Waals surface area contributed by atoms with Crippen molar-refractivity contribution in [3.63, 3.8) is 0 Å². The van der Waals surface area contributed by atoms with Crippen LogP contribution in [0.25, 0.3) is 0 Å². The molecule has 8 heteroatoms. The summed E-state index contributed by atoms with van der Waals surface area (Å²) in [6.07, 6.45) is 2.76. The average Bonchev–Trinajstić information content (AvgIpc) is 3.38. The van der Waals surface area contributed by atoms with Crippen LogP contribution < -0.4 is 4.74 Å². The first kappa shape index (κ1) is 21.3. The van der Waals surface area contributed by atoms with Crippen LogP contribution in [0.5, 0.6) is 5.75 Å². The third-order valence-corrected chi connectivity index (χ3v) is 5.24. The van der Waals surface area contributed by atoms with Crippen LogP contribution >= 0.6 is 0 Å². The lowest BCUT2D eigenvalue weighted by Crippen LogP contribution is -2.36. The molecule has 8 nitrogen and oxygen atoms in total. The van der Waals surface area contributed by atoms with Crippen LogP contribution in [0.1, 0.15) is 40.5 Å². The zero-order valence-electron chi connectivity index (χ0n) is 17.3. The molecule has 1 aromatic carbocycles. The number of carbonyl (C=O) groups excluding carboxylic acids is 2. The molecule has 0 saturated carbocycles. The van der Waals surface area contributed by atoms with Crippen LogP contribution in [-0.4, -0.2) is 61.2 Å². The van der Waals surface area contributed by atoms with Crippen molar-refractivity contribution in [1.82, 2.24) is 4.98 Å². The van der Waals surface area contributed by atoms with Gasteiger partial charge in [-0.05, 0) is 30.7 Å². The van der Waals surface area contributed by atoms with Gasteiger partial charge in [0, 0.05) is 12.4 Å². The van der Waals surface area contributed by atoms with Gasteiger partial charge in [0.15, 0.2) is 12.2 Å². The van der Waals surface area contributed by atoms with Gasteiger partial charge in [0.25, 0.3) is 0 Å². The molecule has 2 saturated heterocycles. The first-order valence-electron chi connectivity index (χ1n) is 10.4. The maximum Gasteiger partial charge on any atom is 0.342 e. The highest BCUT2D eigenvalue weighted by Gasteiger charge is 2.51. The van der Waals surface area contributed by atoms with Crippen molar-refractivity contribution in [3.05, 3.63) is 59.9 Å². The van der Waals surface area contributed by atoms with Gasteiger partial charge in [0.1, 0.15) is 23.5 Å². The van der Waals surface area contributed by atoms with Crippen LogP contribution in [0, 0.1) is 0 Å². The maximum absolute atomic E-state index is 12.8. The quantitative estimate of drug-likeness (QED) is 0.469. The molecule has 3 heterocycles. The standard InChI is InChI=1S/C23H25NO7/c1-2-3-11-27-17-9-5-4-8-16(17)23(26)31-19-14-29-20-18(13-28-21(19)20)30-22(25)15-7-6-10-24-12-15/h4-10,12,18-21H,2-3,11,13-14H2,1H3/t18-,19+,20-,21-/m1/s1. The van der Waals surface area contributed by atoms with Gasteiger partial charge in [-0.25, -0.2) is 9.59 Å². The van der Waals surface area contributed by atoms with Gasteiger partial charge in [-0.1, -0.05) is 25.5 Å². The summed E-state index contributed by atoms with van der Waals surface area (Å²) >= 11 is 0. The Kier molecular flexibility index (Phi) is 6.79. The topological polar surface area (TPSA) is 93.2 Å². The number of para-hydroxylation sites is 1. The van der Waals surface area contributed by atoms with Crippen LogP contribution in [0.2, 0.25) is 0 Å². The van der Waals surface area contributed by atoms with E-state index in [9.17, 15) is 9.59 Å². The molecule has 2 aliphatic heterocycles. The molecule has 31 heavy (non-hydrogen) atoms. The van der Waals surface area contributed by atoms with Gasteiger partial charge in [0.05, 0.1) is 25.4 Å². The molecule has 4 rings (SSSR count). The van der Waals surface area contributed by atoms with Crippen LogP contribution in [-0.2, 0) is 18.9 Å². The Labute approximate surface area is 180 Å². The summed E-state index contributed by atoms with van der Waals surface area (Å²) in [5.74, 6) is -0.502. The molecule has 0 N–H and O–H groups in total. The van der Waals surface area contributed by atoms with Crippen molar-refractivity contribution in [2.75, 3.05) is 19.8 Å². The Morgan fingerprint density at radius 1 is 1.00 bits per heavy atom. The minimum atomic E-state index is -0.594. The second kappa shape index (κ2) is 9.89. The lowest BCUT2D eigenvalue weighted by molar-refractivity contribution is -0.0288. The third kappa shape index (κ3) is 4.86. The van der Waals surface area contributed by atoms with E-state index < -0.39 is 36.4 Å². The van der Waals surface area contributed by atoms with E-state index >= 15 is 0 Å². The molecular weight excluding hydrogens is 402 g/mol. The maximum atomic E-state index is 12.8. The van der Waals surface area contributed by atoms with Gasteiger partial charge in [-0.15, -0.1) is 0 Å². The second-order valence-corrected chi connectivity index (χ2v) is 7.42. The number of carbonyl (C=O) groups is 2. The van der Waals surface area contributed by atoms with Gasteiger partial charge < -0.3 is 23.7 Å². The third-order valence-electron chi connectivity index (χ3n) is 5.24. The Bertz CT molecular complexity index is 904. The van der Waals surface area contributed by atoms with E-state index in [0.29, 0.717) is 23.5 Å². The summed E-state index contributed by atoms with van der Waals surface area (Å²) < 4.78 is 28.5. The van der Waals surface area contributed by atoms with E-state index in [1.54, 1.807) is 36.5 Å². The van der Waals surface area contributed by atoms with E-state index in [4.69, 9.17) is 23.7 Å². The molecule has 0 aliphatic carbocycles. The number of pyridine rings is 1. The van der Waals surface area contributed by atoms with Crippen LogP contribution in [0.4, 0.5) is 0 Å². The number of unbranched alkanes of at least 4 members (excludes halogenated alkanes) is 1. The van der Waals surface area contributed by atoms with E-state index in [-0.39, 0.29) is 13.2 Å². The van der Waals surface area contributed by atoms with Crippen molar-refractivity contribution in [2.45, 2.75) is 44.2 Å². The highest BCUT2D eigenvalue weighted by molar-refractivity contribution is 5.92. The van der Waals surface area contributed by atoms with Gasteiger partial charge in [-0.2, -0.15) is 0 Å². The van der Waals surface area contributed by atoms with Crippen molar-refractivity contribution in [3.8, 4) is 5.75 Å². The van der Waals surface area contributed by atoms with E-state index in [2.05, 4.69) is 11.9 Å². The molecule has 0 spiro atoms. The number of fused-ring (bicyclic) bond motifs is 1. The predicted octanol–water partition coefficient (Wildman–Crippen LogP) is 2.81. The number of aromatic nitrogens is 1. The number of hydrogen-bond donors (Lipinski definition) is 0. The van der Waals surface area contributed by atoms with Crippen LogP contribution in [0.15, 0.2) is 48.8 Å². The molecule has 2 aromatic rings. The lowest BCUT2D eigenvalue weighted by atomic mass is 10.1. The Hall–Kier alpha value is -2.97. The Morgan fingerprint density at radius 2 is 1.71 bits per heavy atom. The molecule has 0 radical (unpaired) electrons. The van der Waals surface area contributed by atoms with Crippen molar-refractivity contribution in [2.24, 2.45) is 0 Å². The largest absolute Gasteiger partial charge is 0.493 e. The number of esters is 2. The van der Waals surface area contributed by atoms with Gasteiger partial charge >= 0.3 is 11.9 Å². The minimum Gasteiger partial charge on any atom is -0.493 e. The van der Waals surface area contributed by atoms with Crippen molar-refractivity contribution < 1.29 is 33.3 Å². The fraction of sp³-hybridized carbons (Fsp3) is 0.435. The normalized spacial score (nSPS) is 24.4. The molecule has 4 atom stereocenters. The summed E-state index contributed by atoms with van der Waals surface area (Å²) in [7, 11) is 0. The molecule has 2 fully saturated rings. The molecule has 0 amide bonds. The summed E-state index contributed by atoms with van der Waals surface area (Å²) in [6.45, 7) is 2.95. The zero-order valence-corrected chi connectivity index (χ0v) is 17.3. The molecule has 0 bridgehead atoms. The number of ether oxygens (including phenoxy) is 5. The van der Waals surface area contributed by atoms with E-state index in [0.717, 1.165) is 12.8 Å². The van der Waals surface area contributed by atoms with Crippen LogP contribution in [0.3, 0.4) is 0 Å². The van der Waals surface area contributed by atoms with E-state index in [1.807, 2.05) is 6.07 Å². The summed E-state index contributed by atoms with van der Waals surface area (Å²) in [6, 6.07) is 10.3. The molecule has 1 aromatic heterocycles. The van der Waals surface area contributed by atoms with E-state index in [1.165, 1.54) is 6.20 Å². The minimum absolute atomic E-state index is 0.168. The van der Waals surface area contributed by atoms with Gasteiger partial charge in [-0.3, -0.25) is 4.98 Å². The highest BCUT2D eigenvalue weighted by atomic mass is 16.7. The number of benzene rings is 1. The molecule has 0 unspecified atom stereocenters. The monoisotopic (exact) mass is 427 g/mol. The fourth-order valence-electron chi connectivity index (χ4n) is 3.61. The van der Waals surface area contributed by atoms with Gasteiger partial charge in [0.2, 0.25) is 0 Å². The number of hydrogen-bond acceptors (Lipinski definition) is 8. The van der Waals surface area contributed by atoms with Crippen molar-refractivity contribution >= 4 is 11.9 Å². The number of nitrogens with zero attached hydrogens (tertiary/aromatic N) is 1. The second-order valence-electron chi connectivity index (χ2n) is 7.42. The molecular formula is C23H25NO7. The summed E-state index contributed by atoms with van der Waals surface area (Å²) in [5.41, 5.74) is 0.714. The zero-order chi connectivity index (χ0) is 21.6. The number of rotatable bonds is 8. The molecule has 164 valence electrons. The average molecular weight is 427 g/mol. The fourth-order valence-corrected chi connectivity index (χ4v) is 3.61. The Balaban J connectivity index is 1.36. The summed E-state index contributed by atoms with van der Waals surface area (Å²) in [4.78, 5) is 29.0. The smallest absolute Gasteiger partial charge is 0.342 e. The Morgan fingerprint density at radius 3 is 2.39 bits per heavy atom. The summed E-state index contributed by atoms with van der Waals surface area (Å²) in [5, 5.41) is 0. The highest BCUT2D eigenvalue weighted by Crippen LogP contribution is 2.32. The first-order valence-corrected chi connectivity index (χ1v) is 10.4. The SMILES string of the molecule is CCCCOc1ccccc1C(=O)O[C@H]1CO[C@H]2[C@@H]1OC[C@H]2OC(=O)c1cccnc1. The first-order chi connectivity index (χ1) is 15.2. The molecule has 2 aliphatic rings. The predicted molar refractivity (Wildman–Crippen MR) is 109 cm³/mol.